The fraction of sp³-hybridized carbons (Fsp3) is 0.458. The van der Waals surface area contributed by atoms with Gasteiger partial charge < -0.3 is 4.90 Å². The Labute approximate surface area is 217 Å². The number of hydrogen-bond donors (Lipinski definition) is 0. The Morgan fingerprint density at radius 2 is 1.78 bits per heavy atom. The molecule has 6 rings (SSSR count). The maximum Gasteiger partial charge on any atom is 0.283 e. The van der Waals surface area contributed by atoms with E-state index in [0.717, 1.165) is 29.0 Å². The molecule has 8 nitrogen and oxygen atoms in total. The van der Waals surface area contributed by atoms with Crippen LogP contribution in [0.2, 0.25) is 5.02 Å². The van der Waals surface area contributed by atoms with Crippen molar-refractivity contribution in [3.8, 4) is 5.69 Å². The van der Waals surface area contributed by atoms with Crippen molar-refractivity contribution >= 4 is 27.3 Å². The standard InChI is InChI=1S/C24H24ClF3N6O2S/c25-16-1-3-19-15(9-16)10-33(17-12-37(35,36)13-17)11-21-30-31-24(34(19)21)14-5-7-32(8-6-14)20-4-2-18(26)22(29-20)23(27)28/h1-4,9,14,17,23H,5-8,10-13H2. The molecule has 0 bridgehead atoms. The topological polar surface area (TPSA) is 84.2 Å². The highest BCUT2D eigenvalue weighted by molar-refractivity contribution is 7.92. The number of rotatable bonds is 4. The molecule has 3 aromatic rings. The van der Waals surface area contributed by atoms with Crippen molar-refractivity contribution in [3.63, 3.8) is 0 Å². The van der Waals surface area contributed by atoms with E-state index in [4.69, 9.17) is 11.6 Å². The highest BCUT2D eigenvalue weighted by Crippen LogP contribution is 2.36. The fourth-order valence-electron chi connectivity index (χ4n) is 5.46. The molecule has 13 heteroatoms. The lowest BCUT2D eigenvalue weighted by Crippen LogP contribution is -2.52. The first-order valence-corrected chi connectivity index (χ1v) is 14.3. The van der Waals surface area contributed by atoms with Crippen LogP contribution in [0.4, 0.5) is 19.0 Å². The third kappa shape index (κ3) is 4.59. The minimum Gasteiger partial charge on any atom is -0.357 e. The normalized spacial score (nSPS) is 20.4. The van der Waals surface area contributed by atoms with E-state index in [-0.39, 0.29) is 23.5 Å². The van der Waals surface area contributed by atoms with Crippen LogP contribution in [0.25, 0.3) is 5.69 Å². The molecule has 0 spiro atoms. The zero-order chi connectivity index (χ0) is 25.9. The van der Waals surface area contributed by atoms with Gasteiger partial charge in [-0.3, -0.25) is 9.47 Å². The number of sulfone groups is 1. The van der Waals surface area contributed by atoms with Gasteiger partial charge in [-0.2, -0.15) is 0 Å². The molecule has 3 aliphatic heterocycles. The minimum atomic E-state index is -2.99. The molecule has 0 aliphatic carbocycles. The van der Waals surface area contributed by atoms with Gasteiger partial charge in [-0.15, -0.1) is 10.2 Å². The Balaban J connectivity index is 1.27. The van der Waals surface area contributed by atoms with Crippen molar-refractivity contribution in [3.05, 3.63) is 64.1 Å². The Hall–Kier alpha value is -2.70. The van der Waals surface area contributed by atoms with E-state index in [1.54, 1.807) is 0 Å². The summed E-state index contributed by atoms with van der Waals surface area (Å²) in [5, 5.41) is 9.64. The molecular weight excluding hydrogens is 529 g/mol. The lowest BCUT2D eigenvalue weighted by atomic mass is 9.95. The monoisotopic (exact) mass is 552 g/mol. The number of halogens is 4. The maximum absolute atomic E-state index is 13.7. The zero-order valence-electron chi connectivity index (χ0n) is 19.7. The molecule has 0 atom stereocenters. The van der Waals surface area contributed by atoms with Crippen molar-refractivity contribution in [1.82, 2.24) is 24.6 Å². The molecule has 3 aliphatic rings. The van der Waals surface area contributed by atoms with Crippen LogP contribution in [0.1, 0.15) is 48.1 Å². The van der Waals surface area contributed by atoms with Gasteiger partial charge >= 0.3 is 0 Å². The number of pyridine rings is 1. The summed E-state index contributed by atoms with van der Waals surface area (Å²) in [5.41, 5.74) is 1.07. The number of nitrogens with zero attached hydrogens (tertiary/aromatic N) is 6. The van der Waals surface area contributed by atoms with E-state index < -0.39 is 27.8 Å². The van der Waals surface area contributed by atoms with E-state index in [2.05, 4.69) is 24.6 Å². The number of piperidine rings is 1. The van der Waals surface area contributed by atoms with Gasteiger partial charge in [0.15, 0.2) is 21.5 Å². The third-order valence-corrected chi connectivity index (χ3v) is 9.43. The SMILES string of the molecule is O=S1(=O)CC(N2Cc3cc(Cl)ccc3-n3c(nnc3C3CCN(c4ccc(F)c(C(F)F)n4)CC3)C2)C1. The maximum atomic E-state index is 13.7. The van der Waals surface area contributed by atoms with Crippen LogP contribution < -0.4 is 4.90 Å². The average Bonchev–Trinajstić information content (AvgIpc) is 3.18. The summed E-state index contributed by atoms with van der Waals surface area (Å²) in [7, 11) is -2.99. The number of aromatic nitrogens is 4. The zero-order valence-corrected chi connectivity index (χ0v) is 21.3. The second-order valence-corrected chi connectivity index (χ2v) is 12.4. The molecule has 0 amide bonds. The molecule has 2 fully saturated rings. The van der Waals surface area contributed by atoms with Gasteiger partial charge in [0.1, 0.15) is 17.3 Å². The summed E-state index contributed by atoms with van der Waals surface area (Å²) in [6.07, 6.45) is -1.60. The molecular formula is C24H24ClF3N6O2S. The van der Waals surface area contributed by atoms with Crippen molar-refractivity contribution < 1.29 is 21.6 Å². The molecule has 37 heavy (non-hydrogen) atoms. The predicted octanol–water partition coefficient (Wildman–Crippen LogP) is 3.89. The van der Waals surface area contributed by atoms with E-state index >= 15 is 0 Å². The number of benzene rings is 1. The first-order valence-electron chi connectivity index (χ1n) is 12.1. The summed E-state index contributed by atoms with van der Waals surface area (Å²) in [6.45, 7) is 2.12. The van der Waals surface area contributed by atoms with E-state index in [0.29, 0.717) is 49.9 Å². The lowest BCUT2D eigenvalue weighted by molar-refractivity contribution is 0.140. The summed E-state index contributed by atoms with van der Waals surface area (Å²) < 4.78 is 65.7. The largest absolute Gasteiger partial charge is 0.357 e. The smallest absolute Gasteiger partial charge is 0.283 e. The van der Waals surface area contributed by atoms with Crippen LogP contribution in [-0.2, 0) is 22.9 Å². The van der Waals surface area contributed by atoms with Crippen LogP contribution in [0.15, 0.2) is 30.3 Å². The Morgan fingerprint density at radius 1 is 1.03 bits per heavy atom. The quantitative estimate of drug-likeness (QED) is 0.485. The molecule has 5 heterocycles. The number of alkyl halides is 2. The van der Waals surface area contributed by atoms with E-state index in [9.17, 15) is 21.6 Å². The van der Waals surface area contributed by atoms with Gasteiger partial charge in [0.05, 0.1) is 23.7 Å². The molecule has 2 saturated heterocycles. The molecule has 0 radical (unpaired) electrons. The number of fused-ring (bicyclic) bond motifs is 3. The number of hydrogen-bond acceptors (Lipinski definition) is 7. The van der Waals surface area contributed by atoms with E-state index in [1.807, 2.05) is 23.1 Å². The average molecular weight is 553 g/mol. The van der Waals surface area contributed by atoms with E-state index in [1.165, 1.54) is 6.07 Å². The first kappa shape index (κ1) is 24.6. The van der Waals surface area contributed by atoms with Crippen molar-refractivity contribution in [2.75, 3.05) is 29.5 Å². The van der Waals surface area contributed by atoms with Crippen LogP contribution in [0, 0.1) is 5.82 Å². The molecule has 0 N–H and O–H groups in total. The van der Waals surface area contributed by atoms with Gasteiger partial charge in [0, 0.05) is 36.6 Å². The van der Waals surface area contributed by atoms with Gasteiger partial charge in [-0.1, -0.05) is 11.6 Å². The van der Waals surface area contributed by atoms with Gasteiger partial charge in [-0.05, 0) is 48.7 Å². The second kappa shape index (κ2) is 9.25. The van der Waals surface area contributed by atoms with Crippen LogP contribution in [0.5, 0.6) is 0 Å². The summed E-state index contributed by atoms with van der Waals surface area (Å²) in [5.74, 6) is 1.20. The van der Waals surface area contributed by atoms with Crippen molar-refractivity contribution in [1.29, 1.82) is 0 Å². The Kier molecular flexibility index (Phi) is 6.15. The minimum absolute atomic E-state index is 0.0617. The second-order valence-electron chi connectivity index (χ2n) is 9.82. The molecule has 0 unspecified atom stereocenters. The summed E-state index contributed by atoms with van der Waals surface area (Å²) >= 11 is 6.32. The molecule has 2 aromatic heterocycles. The van der Waals surface area contributed by atoms with Crippen LogP contribution >= 0.6 is 11.6 Å². The Morgan fingerprint density at radius 3 is 2.49 bits per heavy atom. The van der Waals surface area contributed by atoms with Crippen LogP contribution in [0.3, 0.4) is 0 Å². The summed E-state index contributed by atoms with van der Waals surface area (Å²) in [6, 6.07) is 8.06. The molecule has 196 valence electrons. The predicted molar refractivity (Wildman–Crippen MR) is 131 cm³/mol. The Bertz CT molecular complexity index is 1450. The fourth-order valence-corrected chi connectivity index (χ4v) is 7.16. The summed E-state index contributed by atoms with van der Waals surface area (Å²) in [4.78, 5) is 7.86. The van der Waals surface area contributed by atoms with Crippen molar-refractivity contribution in [2.45, 2.75) is 44.3 Å². The van der Waals surface area contributed by atoms with Crippen LogP contribution in [-0.4, -0.2) is 63.7 Å². The first-order chi connectivity index (χ1) is 17.7. The van der Waals surface area contributed by atoms with Gasteiger partial charge in [-0.25, -0.2) is 26.6 Å². The number of anilines is 1. The van der Waals surface area contributed by atoms with Crippen molar-refractivity contribution in [2.24, 2.45) is 0 Å². The third-order valence-electron chi connectivity index (χ3n) is 7.41. The molecule has 1 aromatic carbocycles. The highest BCUT2D eigenvalue weighted by Gasteiger charge is 2.40. The molecule has 0 saturated carbocycles. The highest BCUT2D eigenvalue weighted by atomic mass is 35.5. The van der Waals surface area contributed by atoms with Gasteiger partial charge in [0.2, 0.25) is 0 Å². The van der Waals surface area contributed by atoms with Gasteiger partial charge in [0.25, 0.3) is 6.43 Å². The lowest BCUT2D eigenvalue weighted by Gasteiger charge is -2.35.